The second-order valence-corrected chi connectivity index (χ2v) is 8.01. The number of ether oxygens (including phenoxy) is 1. The molecule has 0 unspecified atom stereocenters. The summed E-state index contributed by atoms with van der Waals surface area (Å²) in [7, 11) is 1.44. The van der Waals surface area contributed by atoms with Gasteiger partial charge in [-0.2, -0.15) is 0 Å². The number of carbonyl (C=O) groups excluding carboxylic acids is 1. The van der Waals surface area contributed by atoms with Crippen molar-refractivity contribution in [3.05, 3.63) is 60.7 Å². The van der Waals surface area contributed by atoms with Crippen LogP contribution < -0.4 is 15.4 Å². The Morgan fingerprint density at radius 1 is 1.17 bits per heavy atom. The number of fused-ring (bicyclic) bond motifs is 1. The van der Waals surface area contributed by atoms with Crippen LogP contribution >= 0.6 is 0 Å². The van der Waals surface area contributed by atoms with Gasteiger partial charge in [-0.05, 0) is 31.0 Å². The summed E-state index contributed by atoms with van der Waals surface area (Å²) in [4.78, 5) is 20.8. The maximum Gasteiger partial charge on any atom is 0.227 e. The molecule has 4 aromatic rings. The minimum atomic E-state index is -0.599. The molecule has 0 saturated carbocycles. The summed E-state index contributed by atoms with van der Waals surface area (Å²) in [5, 5.41) is 15.8. The lowest BCUT2D eigenvalue weighted by molar-refractivity contribution is -0.115. The monoisotopic (exact) mass is 477 g/mol. The van der Waals surface area contributed by atoms with Gasteiger partial charge in [0.05, 0.1) is 24.2 Å². The molecule has 8 nitrogen and oxygen atoms in total. The van der Waals surface area contributed by atoms with E-state index in [-0.39, 0.29) is 30.4 Å². The number of methoxy groups -OCH3 is 1. The molecule has 2 heterocycles. The highest BCUT2D eigenvalue weighted by molar-refractivity contribution is 5.95. The standard InChI is InChI=1S/C26H28FN5O3/c1-3-25(34)29-21-15-22(24(35-2)14-19(21)27)31-26-28-11-10-20(30-26)18-16-32(12-6-7-13-33)23-9-5-4-8-17(18)23/h4-5,8-11,14-16,33H,3,6-7,12-13H2,1-2H3,(H,29,34)(H,28,30,31). The Hall–Kier alpha value is -3.98. The van der Waals surface area contributed by atoms with Gasteiger partial charge < -0.3 is 25.0 Å². The zero-order valence-electron chi connectivity index (χ0n) is 19.7. The van der Waals surface area contributed by atoms with Crippen molar-refractivity contribution in [1.29, 1.82) is 0 Å². The van der Waals surface area contributed by atoms with Crippen LogP contribution in [0.15, 0.2) is 54.9 Å². The fraction of sp³-hybridized carbons (Fsp3) is 0.269. The van der Waals surface area contributed by atoms with Crippen molar-refractivity contribution in [2.24, 2.45) is 0 Å². The number of aliphatic hydroxyl groups is 1. The molecule has 3 N–H and O–H groups in total. The van der Waals surface area contributed by atoms with Crippen LogP contribution in [-0.4, -0.2) is 39.3 Å². The number of rotatable bonds is 10. The lowest BCUT2D eigenvalue weighted by Gasteiger charge is -2.14. The fourth-order valence-electron chi connectivity index (χ4n) is 3.88. The zero-order chi connectivity index (χ0) is 24.8. The lowest BCUT2D eigenvalue weighted by Crippen LogP contribution is -2.11. The Morgan fingerprint density at radius 2 is 2.00 bits per heavy atom. The molecule has 0 aliphatic carbocycles. The average Bonchev–Trinajstić information content (AvgIpc) is 3.25. The van der Waals surface area contributed by atoms with Crippen molar-refractivity contribution in [3.8, 4) is 17.0 Å². The van der Waals surface area contributed by atoms with Crippen molar-refractivity contribution in [2.75, 3.05) is 24.4 Å². The average molecular weight is 478 g/mol. The van der Waals surface area contributed by atoms with E-state index in [1.807, 2.05) is 24.3 Å². The second-order valence-electron chi connectivity index (χ2n) is 8.01. The molecule has 0 spiro atoms. The summed E-state index contributed by atoms with van der Waals surface area (Å²) in [6.07, 6.45) is 5.55. The highest BCUT2D eigenvalue weighted by Crippen LogP contribution is 2.34. The van der Waals surface area contributed by atoms with Crippen LogP contribution in [0.25, 0.3) is 22.2 Å². The van der Waals surface area contributed by atoms with E-state index >= 15 is 0 Å². The van der Waals surface area contributed by atoms with Crippen molar-refractivity contribution >= 4 is 34.1 Å². The van der Waals surface area contributed by atoms with Gasteiger partial charge in [-0.1, -0.05) is 25.1 Å². The van der Waals surface area contributed by atoms with Crippen LogP contribution in [0.1, 0.15) is 26.2 Å². The summed E-state index contributed by atoms with van der Waals surface area (Å²) < 4.78 is 21.9. The van der Waals surface area contributed by atoms with E-state index in [4.69, 9.17) is 14.8 Å². The molecule has 0 saturated heterocycles. The summed E-state index contributed by atoms with van der Waals surface area (Å²) >= 11 is 0. The Morgan fingerprint density at radius 3 is 2.77 bits per heavy atom. The smallest absolute Gasteiger partial charge is 0.227 e. The van der Waals surface area contributed by atoms with Gasteiger partial charge in [0.25, 0.3) is 0 Å². The number of halogens is 1. The molecular weight excluding hydrogens is 449 g/mol. The molecule has 9 heteroatoms. The van der Waals surface area contributed by atoms with Gasteiger partial charge in [-0.15, -0.1) is 0 Å². The quantitative estimate of drug-likeness (QED) is 0.274. The number of hydrogen-bond acceptors (Lipinski definition) is 6. The van der Waals surface area contributed by atoms with E-state index in [0.29, 0.717) is 11.6 Å². The van der Waals surface area contributed by atoms with Gasteiger partial charge in [0.1, 0.15) is 5.75 Å². The summed E-state index contributed by atoms with van der Waals surface area (Å²) in [5.41, 5.74) is 3.23. The first-order chi connectivity index (χ1) is 17.0. The van der Waals surface area contributed by atoms with Crippen LogP contribution in [0.3, 0.4) is 0 Å². The van der Waals surface area contributed by atoms with E-state index in [9.17, 15) is 9.18 Å². The minimum Gasteiger partial charge on any atom is -0.494 e. The Bertz CT molecular complexity index is 1340. The zero-order valence-corrected chi connectivity index (χ0v) is 19.7. The minimum absolute atomic E-state index is 0.0438. The molecule has 0 atom stereocenters. The van der Waals surface area contributed by atoms with Crippen molar-refractivity contribution in [1.82, 2.24) is 14.5 Å². The first-order valence-electron chi connectivity index (χ1n) is 11.5. The third-order valence-corrected chi connectivity index (χ3v) is 5.66. The van der Waals surface area contributed by atoms with Crippen LogP contribution in [0, 0.1) is 5.82 Å². The number of amides is 1. The maximum atomic E-state index is 14.4. The Labute approximate surface area is 202 Å². The second kappa shape index (κ2) is 11.0. The van der Waals surface area contributed by atoms with Gasteiger partial charge in [-0.25, -0.2) is 14.4 Å². The molecule has 0 fully saturated rings. The van der Waals surface area contributed by atoms with Gasteiger partial charge in [0.2, 0.25) is 11.9 Å². The van der Waals surface area contributed by atoms with Crippen LogP contribution in [-0.2, 0) is 11.3 Å². The van der Waals surface area contributed by atoms with E-state index < -0.39 is 5.82 Å². The molecule has 4 rings (SSSR count). The molecule has 0 bridgehead atoms. The fourth-order valence-corrected chi connectivity index (χ4v) is 3.88. The van der Waals surface area contributed by atoms with E-state index in [2.05, 4.69) is 32.4 Å². The summed E-state index contributed by atoms with van der Waals surface area (Å²) in [5.74, 6) is -0.338. The predicted molar refractivity (Wildman–Crippen MR) is 134 cm³/mol. The largest absolute Gasteiger partial charge is 0.494 e. The molecule has 0 radical (unpaired) electrons. The van der Waals surface area contributed by atoms with Crippen molar-refractivity contribution < 1.29 is 19.0 Å². The van der Waals surface area contributed by atoms with Gasteiger partial charge in [0, 0.05) is 54.5 Å². The normalized spacial score (nSPS) is 11.0. The van der Waals surface area contributed by atoms with Gasteiger partial charge in [-0.3, -0.25) is 4.79 Å². The number of para-hydroxylation sites is 1. The third kappa shape index (κ3) is 5.41. The van der Waals surface area contributed by atoms with E-state index in [0.717, 1.165) is 41.5 Å². The molecule has 182 valence electrons. The number of unbranched alkanes of at least 4 members (excludes halogenated alkanes) is 1. The lowest BCUT2D eigenvalue weighted by atomic mass is 10.1. The number of anilines is 3. The number of hydrogen-bond donors (Lipinski definition) is 3. The maximum absolute atomic E-state index is 14.4. The SMILES string of the molecule is CCC(=O)Nc1cc(Nc2nccc(-c3cn(CCCCO)c4ccccc34)n2)c(OC)cc1F. The molecule has 0 aliphatic heterocycles. The first-order valence-corrected chi connectivity index (χ1v) is 11.5. The summed E-state index contributed by atoms with van der Waals surface area (Å²) in [6, 6.07) is 12.6. The topological polar surface area (TPSA) is 101 Å². The Kier molecular flexibility index (Phi) is 7.57. The molecule has 1 amide bonds. The Balaban J connectivity index is 1.67. The number of aliphatic hydroxyl groups excluding tert-OH is 1. The van der Waals surface area contributed by atoms with Crippen LogP contribution in [0.2, 0.25) is 0 Å². The molecule has 0 aliphatic rings. The highest BCUT2D eigenvalue weighted by Gasteiger charge is 2.15. The molecular formula is C26H28FN5O3. The number of nitrogens with zero attached hydrogens (tertiary/aromatic N) is 3. The van der Waals surface area contributed by atoms with E-state index in [1.54, 1.807) is 13.1 Å². The third-order valence-electron chi connectivity index (χ3n) is 5.66. The number of nitrogens with one attached hydrogen (secondary N) is 2. The summed E-state index contributed by atoms with van der Waals surface area (Å²) in [6.45, 7) is 2.65. The van der Waals surface area contributed by atoms with Crippen molar-refractivity contribution in [2.45, 2.75) is 32.7 Å². The van der Waals surface area contributed by atoms with Gasteiger partial charge >= 0.3 is 0 Å². The highest BCUT2D eigenvalue weighted by atomic mass is 19.1. The number of aryl methyl sites for hydroxylation is 1. The molecule has 2 aromatic carbocycles. The predicted octanol–water partition coefficient (Wildman–Crippen LogP) is 5.11. The van der Waals surface area contributed by atoms with Gasteiger partial charge in [0.15, 0.2) is 5.82 Å². The van der Waals surface area contributed by atoms with E-state index in [1.165, 1.54) is 19.2 Å². The molecule has 35 heavy (non-hydrogen) atoms. The van der Waals surface area contributed by atoms with Crippen LogP contribution in [0.5, 0.6) is 5.75 Å². The van der Waals surface area contributed by atoms with Crippen LogP contribution in [0.4, 0.5) is 21.7 Å². The first kappa shape index (κ1) is 24.2. The number of carbonyl (C=O) groups is 1. The number of aromatic nitrogens is 3. The molecule has 2 aromatic heterocycles. The van der Waals surface area contributed by atoms with Crippen molar-refractivity contribution in [3.63, 3.8) is 0 Å². The number of benzene rings is 2.